The predicted octanol–water partition coefficient (Wildman–Crippen LogP) is 4.59. The first-order valence-corrected chi connectivity index (χ1v) is 8.41. The van der Waals surface area contributed by atoms with E-state index in [2.05, 4.69) is 20.3 Å². The molecule has 4 rings (SSSR count). The van der Waals surface area contributed by atoms with E-state index < -0.39 is 0 Å². The van der Waals surface area contributed by atoms with Gasteiger partial charge in [-0.25, -0.2) is 9.97 Å². The molecule has 24 heavy (non-hydrogen) atoms. The molecular formula is C17H11ClN4OS. The second kappa shape index (κ2) is 6.07. The Kier molecular flexibility index (Phi) is 3.76. The summed E-state index contributed by atoms with van der Waals surface area (Å²) in [7, 11) is 0. The molecule has 0 radical (unpaired) electrons. The van der Waals surface area contributed by atoms with Crippen LogP contribution >= 0.6 is 22.9 Å². The largest absolute Gasteiger partial charge is 0.337 e. The molecule has 5 nitrogen and oxygen atoms in total. The molecule has 1 amide bonds. The van der Waals surface area contributed by atoms with Crippen LogP contribution in [0.2, 0.25) is 5.15 Å². The van der Waals surface area contributed by atoms with Crippen molar-refractivity contribution in [3.8, 4) is 10.7 Å². The van der Waals surface area contributed by atoms with Gasteiger partial charge in [-0.2, -0.15) is 0 Å². The van der Waals surface area contributed by atoms with Crippen LogP contribution in [0.25, 0.3) is 21.7 Å². The number of halogens is 1. The summed E-state index contributed by atoms with van der Waals surface area (Å²) in [5, 5.41) is 5.14. The Morgan fingerprint density at radius 2 is 2.12 bits per heavy atom. The van der Waals surface area contributed by atoms with Crippen LogP contribution in [0.5, 0.6) is 0 Å². The summed E-state index contributed by atoms with van der Waals surface area (Å²) < 4.78 is 0. The van der Waals surface area contributed by atoms with E-state index in [1.807, 2.05) is 35.7 Å². The summed E-state index contributed by atoms with van der Waals surface area (Å²) in [6.07, 6.45) is 1.50. The third-order valence-electron chi connectivity index (χ3n) is 3.48. The van der Waals surface area contributed by atoms with E-state index >= 15 is 0 Å². The van der Waals surface area contributed by atoms with Gasteiger partial charge in [-0.15, -0.1) is 11.3 Å². The van der Waals surface area contributed by atoms with Crippen LogP contribution in [0.3, 0.4) is 0 Å². The number of anilines is 1. The Balaban J connectivity index is 1.62. The van der Waals surface area contributed by atoms with Gasteiger partial charge in [0.05, 0.1) is 15.9 Å². The molecule has 0 aliphatic rings. The van der Waals surface area contributed by atoms with Gasteiger partial charge in [-0.05, 0) is 41.8 Å². The molecule has 0 saturated heterocycles. The van der Waals surface area contributed by atoms with E-state index in [0.29, 0.717) is 11.3 Å². The van der Waals surface area contributed by atoms with Crippen molar-refractivity contribution in [2.24, 2.45) is 0 Å². The molecule has 0 bridgehead atoms. The Labute approximate surface area is 146 Å². The zero-order valence-electron chi connectivity index (χ0n) is 12.3. The highest BCUT2D eigenvalue weighted by Crippen LogP contribution is 2.26. The average molecular weight is 355 g/mol. The van der Waals surface area contributed by atoms with Gasteiger partial charge >= 0.3 is 0 Å². The van der Waals surface area contributed by atoms with Crippen LogP contribution in [-0.4, -0.2) is 20.9 Å². The zero-order valence-corrected chi connectivity index (χ0v) is 13.9. The molecule has 0 atom stereocenters. The van der Waals surface area contributed by atoms with Gasteiger partial charge in [0, 0.05) is 17.4 Å². The first-order valence-electron chi connectivity index (χ1n) is 7.15. The molecule has 7 heteroatoms. The van der Waals surface area contributed by atoms with E-state index in [9.17, 15) is 4.79 Å². The molecule has 2 N–H and O–H groups in total. The Bertz CT molecular complexity index is 1030. The highest BCUT2D eigenvalue weighted by Gasteiger charge is 2.10. The lowest BCUT2D eigenvalue weighted by Gasteiger charge is -2.05. The van der Waals surface area contributed by atoms with Gasteiger partial charge in [0.1, 0.15) is 11.0 Å². The quantitative estimate of drug-likeness (QED) is 0.528. The van der Waals surface area contributed by atoms with E-state index in [1.165, 1.54) is 12.3 Å². The van der Waals surface area contributed by atoms with Gasteiger partial charge in [-0.3, -0.25) is 4.79 Å². The van der Waals surface area contributed by atoms with E-state index in [4.69, 9.17) is 11.6 Å². The smallest absolute Gasteiger partial charge is 0.255 e. The number of benzene rings is 1. The minimum atomic E-state index is -0.239. The summed E-state index contributed by atoms with van der Waals surface area (Å²) in [4.78, 5) is 25.1. The molecule has 3 aromatic heterocycles. The number of hydrogen-bond donors (Lipinski definition) is 2. The van der Waals surface area contributed by atoms with Crippen LogP contribution in [-0.2, 0) is 0 Å². The molecular weight excluding hydrogens is 344 g/mol. The molecule has 118 valence electrons. The van der Waals surface area contributed by atoms with Crippen LogP contribution in [0.4, 0.5) is 5.69 Å². The third-order valence-corrected chi connectivity index (χ3v) is 4.57. The average Bonchev–Trinajstić information content (AvgIpc) is 3.23. The second-order valence-corrected chi connectivity index (χ2v) is 6.45. The van der Waals surface area contributed by atoms with Crippen LogP contribution in [0.1, 0.15) is 10.4 Å². The van der Waals surface area contributed by atoms with Gasteiger partial charge < -0.3 is 10.3 Å². The topological polar surface area (TPSA) is 70.7 Å². The first-order chi connectivity index (χ1) is 11.7. The molecule has 0 fully saturated rings. The second-order valence-electron chi connectivity index (χ2n) is 5.12. The van der Waals surface area contributed by atoms with Crippen molar-refractivity contribution in [3.63, 3.8) is 0 Å². The summed E-state index contributed by atoms with van der Waals surface area (Å²) in [5.41, 5.74) is 2.85. The number of carbonyl (C=O) groups excluding carboxylic acids is 1. The molecule has 1 aromatic carbocycles. The Morgan fingerprint density at radius 3 is 2.92 bits per heavy atom. The first kappa shape index (κ1) is 14.9. The van der Waals surface area contributed by atoms with Gasteiger partial charge in [-0.1, -0.05) is 17.7 Å². The van der Waals surface area contributed by atoms with Crippen LogP contribution < -0.4 is 5.32 Å². The normalized spacial score (nSPS) is 10.9. The van der Waals surface area contributed by atoms with Crippen LogP contribution in [0, 0.1) is 0 Å². The minimum absolute atomic E-state index is 0.239. The monoisotopic (exact) mass is 354 g/mol. The third kappa shape index (κ3) is 2.89. The maximum absolute atomic E-state index is 12.3. The highest BCUT2D eigenvalue weighted by molar-refractivity contribution is 7.13. The SMILES string of the molecule is O=C(Nc1ccc2nc(-c3cccs3)[nH]c2c1)c1ccnc(Cl)c1. The Morgan fingerprint density at radius 1 is 1.21 bits per heavy atom. The molecule has 0 saturated carbocycles. The van der Waals surface area contributed by atoms with Crippen molar-refractivity contribution in [1.82, 2.24) is 15.0 Å². The fourth-order valence-corrected chi connectivity index (χ4v) is 3.21. The minimum Gasteiger partial charge on any atom is -0.337 e. The number of hydrogen-bond acceptors (Lipinski definition) is 4. The van der Waals surface area contributed by atoms with Crippen molar-refractivity contribution < 1.29 is 4.79 Å². The summed E-state index contributed by atoms with van der Waals surface area (Å²) in [6, 6.07) is 12.7. The highest BCUT2D eigenvalue weighted by atomic mass is 35.5. The molecule has 0 spiro atoms. The molecule has 3 heterocycles. The van der Waals surface area contributed by atoms with Crippen molar-refractivity contribution in [2.45, 2.75) is 0 Å². The lowest BCUT2D eigenvalue weighted by atomic mass is 10.2. The fraction of sp³-hybridized carbons (Fsp3) is 0. The molecule has 0 aliphatic heterocycles. The van der Waals surface area contributed by atoms with Crippen molar-refractivity contribution >= 4 is 45.6 Å². The lowest BCUT2D eigenvalue weighted by molar-refractivity contribution is 0.102. The number of imidazole rings is 1. The number of pyridine rings is 1. The number of fused-ring (bicyclic) bond motifs is 1. The predicted molar refractivity (Wildman–Crippen MR) is 96.6 cm³/mol. The zero-order chi connectivity index (χ0) is 16.5. The van der Waals surface area contributed by atoms with Gasteiger partial charge in [0.2, 0.25) is 0 Å². The van der Waals surface area contributed by atoms with E-state index in [1.54, 1.807) is 17.4 Å². The summed E-state index contributed by atoms with van der Waals surface area (Å²) in [5.74, 6) is 0.584. The Hall–Kier alpha value is -2.70. The van der Waals surface area contributed by atoms with Crippen molar-refractivity contribution in [3.05, 3.63) is 64.8 Å². The summed E-state index contributed by atoms with van der Waals surface area (Å²) >= 11 is 7.44. The van der Waals surface area contributed by atoms with Crippen molar-refractivity contribution in [2.75, 3.05) is 5.32 Å². The number of aromatic nitrogens is 3. The number of rotatable bonds is 3. The number of amides is 1. The maximum atomic E-state index is 12.3. The van der Waals surface area contributed by atoms with Crippen LogP contribution in [0.15, 0.2) is 54.0 Å². The fourth-order valence-electron chi connectivity index (χ4n) is 2.36. The molecule has 0 aliphatic carbocycles. The van der Waals surface area contributed by atoms with Gasteiger partial charge in [0.25, 0.3) is 5.91 Å². The maximum Gasteiger partial charge on any atom is 0.255 e. The van der Waals surface area contributed by atoms with Crippen molar-refractivity contribution in [1.29, 1.82) is 0 Å². The molecule has 0 unspecified atom stereocenters. The number of carbonyl (C=O) groups is 1. The van der Waals surface area contributed by atoms with E-state index in [0.717, 1.165) is 21.7 Å². The number of aromatic amines is 1. The number of nitrogens with zero attached hydrogens (tertiary/aromatic N) is 2. The van der Waals surface area contributed by atoms with E-state index in [-0.39, 0.29) is 11.1 Å². The summed E-state index contributed by atoms with van der Waals surface area (Å²) in [6.45, 7) is 0. The van der Waals surface area contributed by atoms with Gasteiger partial charge in [0.15, 0.2) is 0 Å². The number of H-pyrrole nitrogens is 1. The molecule has 4 aromatic rings. The number of nitrogens with one attached hydrogen (secondary N) is 2. The lowest BCUT2D eigenvalue weighted by Crippen LogP contribution is -2.11. The standard InChI is InChI=1S/C17H11ClN4OS/c18-15-8-10(5-6-19-15)17(23)20-11-3-4-12-13(9-11)22-16(21-12)14-2-1-7-24-14/h1-9H,(H,20,23)(H,21,22). The number of thiophene rings is 1.